The van der Waals surface area contributed by atoms with E-state index in [0.29, 0.717) is 12.5 Å². The van der Waals surface area contributed by atoms with Crippen LogP contribution in [0.3, 0.4) is 0 Å². The quantitative estimate of drug-likeness (QED) is 0.772. The number of hydrogen-bond acceptors (Lipinski definition) is 2. The first-order chi connectivity index (χ1) is 7.07. The van der Waals surface area contributed by atoms with Crippen LogP contribution in [0.2, 0.25) is 0 Å². The number of benzene rings is 1. The van der Waals surface area contributed by atoms with Gasteiger partial charge in [0.1, 0.15) is 0 Å². The monoisotopic (exact) mass is 205 g/mol. The van der Waals surface area contributed by atoms with Crippen molar-refractivity contribution in [3.8, 4) is 0 Å². The Morgan fingerprint density at radius 1 is 1.33 bits per heavy atom. The molecule has 0 radical (unpaired) electrons. The molecule has 0 saturated carbocycles. The number of hydroxylamine groups is 2. The summed E-state index contributed by atoms with van der Waals surface area (Å²) in [6.07, 6.45) is 0. The van der Waals surface area contributed by atoms with Crippen LogP contribution < -0.4 is 5.32 Å². The number of nitrogens with zero attached hydrogens (tertiary/aromatic N) is 1. The SMILES string of the molecule is CC1(C)NC(=N)N(Cc2ccccc2)O1. The van der Waals surface area contributed by atoms with Gasteiger partial charge >= 0.3 is 0 Å². The summed E-state index contributed by atoms with van der Waals surface area (Å²) in [7, 11) is 0. The first kappa shape index (κ1) is 9.98. The van der Waals surface area contributed by atoms with Gasteiger partial charge in [-0.2, -0.15) is 0 Å². The number of guanidine groups is 1. The summed E-state index contributed by atoms with van der Waals surface area (Å²) in [5, 5.41) is 12.2. The molecule has 0 unspecified atom stereocenters. The normalized spacial score (nSPS) is 19.1. The van der Waals surface area contributed by atoms with E-state index in [1.54, 1.807) is 5.06 Å². The average molecular weight is 205 g/mol. The topological polar surface area (TPSA) is 48.4 Å². The summed E-state index contributed by atoms with van der Waals surface area (Å²) in [6.45, 7) is 4.38. The van der Waals surface area contributed by atoms with Crippen LogP contribution in [-0.2, 0) is 11.4 Å². The van der Waals surface area contributed by atoms with Crippen LogP contribution in [-0.4, -0.2) is 16.7 Å². The molecular formula is C11H15N3O. The van der Waals surface area contributed by atoms with Crippen LogP contribution in [0.5, 0.6) is 0 Å². The molecule has 4 nitrogen and oxygen atoms in total. The molecule has 4 heteroatoms. The van der Waals surface area contributed by atoms with Crippen LogP contribution in [0.4, 0.5) is 0 Å². The molecular weight excluding hydrogens is 190 g/mol. The Morgan fingerprint density at radius 3 is 2.53 bits per heavy atom. The molecule has 1 fully saturated rings. The van der Waals surface area contributed by atoms with Crippen LogP contribution in [0, 0.1) is 5.41 Å². The van der Waals surface area contributed by atoms with Crippen molar-refractivity contribution < 1.29 is 4.84 Å². The predicted octanol–water partition coefficient (Wildman–Crippen LogP) is 1.69. The maximum atomic E-state index is 7.70. The fourth-order valence-corrected chi connectivity index (χ4v) is 1.55. The van der Waals surface area contributed by atoms with Crippen LogP contribution >= 0.6 is 0 Å². The summed E-state index contributed by atoms with van der Waals surface area (Å²) >= 11 is 0. The molecule has 0 aliphatic carbocycles. The molecule has 0 spiro atoms. The van der Waals surface area contributed by atoms with Crippen molar-refractivity contribution in [3.63, 3.8) is 0 Å². The molecule has 1 aromatic carbocycles. The van der Waals surface area contributed by atoms with Crippen molar-refractivity contribution in [2.24, 2.45) is 0 Å². The standard InChI is InChI=1S/C11H15N3O/c1-11(2)13-10(12)14(15-11)8-9-6-4-3-5-7-9/h3-7H,8H2,1-2H3,(H2,12,13). The summed E-state index contributed by atoms with van der Waals surface area (Å²) in [4.78, 5) is 5.56. The van der Waals surface area contributed by atoms with E-state index < -0.39 is 5.72 Å². The molecule has 1 aliphatic heterocycles. The molecule has 1 aromatic rings. The second-order valence-electron chi connectivity index (χ2n) is 4.10. The van der Waals surface area contributed by atoms with Crippen molar-refractivity contribution in [1.82, 2.24) is 10.4 Å². The van der Waals surface area contributed by atoms with Crippen molar-refractivity contribution in [2.75, 3.05) is 0 Å². The largest absolute Gasteiger partial charge is 0.325 e. The van der Waals surface area contributed by atoms with Gasteiger partial charge in [0.05, 0.1) is 6.54 Å². The Hall–Kier alpha value is -1.55. The summed E-state index contributed by atoms with van der Waals surface area (Å²) in [5.74, 6) is 0.309. The highest BCUT2D eigenvalue weighted by Gasteiger charge is 2.33. The van der Waals surface area contributed by atoms with E-state index in [0.717, 1.165) is 5.56 Å². The van der Waals surface area contributed by atoms with Gasteiger partial charge in [-0.05, 0) is 19.4 Å². The zero-order valence-electron chi connectivity index (χ0n) is 8.95. The Bertz CT molecular complexity index is 361. The Labute approximate surface area is 89.3 Å². The van der Waals surface area contributed by atoms with Crippen molar-refractivity contribution in [2.45, 2.75) is 26.1 Å². The first-order valence-electron chi connectivity index (χ1n) is 4.94. The molecule has 1 saturated heterocycles. The molecule has 0 bridgehead atoms. The fraction of sp³-hybridized carbons (Fsp3) is 0.364. The van der Waals surface area contributed by atoms with E-state index in [4.69, 9.17) is 10.2 Å². The molecule has 15 heavy (non-hydrogen) atoms. The molecule has 1 heterocycles. The van der Waals surface area contributed by atoms with E-state index in [1.165, 1.54) is 0 Å². The lowest BCUT2D eigenvalue weighted by molar-refractivity contribution is -0.166. The molecule has 0 amide bonds. The molecule has 0 aromatic heterocycles. The van der Waals surface area contributed by atoms with Gasteiger partial charge in [-0.3, -0.25) is 5.41 Å². The van der Waals surface area contributed by atoms with E-state index in [1.807, 2.05) is 44.2 Å². The van der Waals surface area contributed by atoms with Crippen molar-refractivity contribution in [1.29, 1.82) is 5.41 Å². The maximum absolute atomic E-state index is 7.70. The lowest BCUT2D eigenvalue weighted by Gasteiger charge is -2.18. The molecule has 80 valence electrons. The van der Waals surface area contributed by atoms with Crippen LogP contribution in [0.25, 0.3) is 0 Å². The average Bonchev–Trinajstić information content (AvgIpc) is 2.41. The van der Waals surface area contributed by atoms with E-state index in [9.17, 15) is 0 Å². The zero-order valence-corrected chi connectivity index (χ0v) is 8.95. The molecule has 2 N–H and O–H groups in total. The predicted molar refractivity (Wildman–Crippen MR) is 58.0 cm³/mol. The van der Waals surface area contributed by atoms with Gasteiger partial charge in [-0.1, -0.05) is 30.3 Å². The van der Waals surface area contributed by atoms with Gasteiger partial charge < -0.3 is 5.32 Å². The minimum Gasteiger partial charge on any atom is -0.325 e. The van der Waals surface area contributed by atoms with Gasteiger partial charge in [0, 0.05) is 0 Å². The Balaban J connectivity index is 2.05. The number of hydrogen-bond donors (Lipinski definition) is 2. The second kappa shape index (κ2) is 3.55. The third-order valence-electron chi connectivity index (χ3n) is 2.18. The highest BCUT2D eigenvalue weighted by molar-refractivity contribution is 5.77. The Kier molecular flexibility index (Phi) is 2.36. The lowest BCUT2D eigenvalue weighted by atomic mass is 10.2. The lowest BCUT2D eigenvalue weighted by Crippen LogP contribution is -2.35. The number of rotatable bonds is 2. The van der Waals surface area contributed by atoms with E-state index in [2.05, 4.69) is 5.32 Å². The van der Waals surface area contributed by atoms with Gasteiger partial charge in [-0.15, -0.1) is 0 Å². The summed E-state index contributed by atoms with van der Waals surface area (Å²) < 4.78 is 0. The van der Waals surface area contributed by atoms with E-state index in [-0.39, 0.29) is 0 Å². The minimum absolute atomic E-state index is 0.309. The van der Waals surface area contributed by atoms with Gasteiger partial charge in [0.25, 0.3) is 0 Å². The summed E-state index contributed by atoms with van der Waals surface area (Å²) in [5.41, 5.74) is 0.646. The Morgan fingerprint density at radius 2 is 2.00 bits per heavy atom. The van der Waals surface area contributed by atoms with Gasteiger partial charge in [0.2, 0.25) is 5.96 Å². The smallest absolute Gasteiger partial charge is 0.218 e. The highest BCUT2D eigenvalue weighted by atomic mass is 16.7. The molecule has 0 atom stereocenters. The van der Waals surface area contributed by atoms with Crippen molar-refractivity contribution >= 4 is 5.96 Å². The van der Waals surface area contributed by atoms with Crippen molar-refractivity contribution in [3.05, 3.63) is 35.9 Å². The minimum atomic E-state index is -0.480. The van der Waals surface area contributed by atoms with Gasteiger partial charge in [0.15, 0.2) is 5.72 Å². The summed E-state index contributed by atoms with van der Waals surface area (Å²) in [6, 6.07) is 9.97. The maximum Gasteiger partial charge on any atom is 0.218 e. The highest BCUT2D eigenvalue weighted by Crippen LogP contribution is 2.18. The molecule has 1 aliphatic rings. The van der Waals surface area contributed by atoms with E-state index >= 15 is 0 Å². The number of nitrogens with one attached hydrogen (secondary N) is 2. The van der Waals surface area contributed by atoms with Crippen LogP contribution in [0.15, 0.2) is 30.3 Å². The third kappa shape index (κ3) is 2.27. The molecule has 2 rings (SSSR count). The first-order valence-corrected chi connectivity index (χ1v) is 4.94. The third-order valence-corrected chi connectivity index (χ3v) is 2.18. The zero-order chi connectivity index (χ0) is 10.9. The second-order valence-corrected chi connectivity index (χ2v) is 4.10. The van der Waals surface area contributed by atoms with Crippen LogP contribution in [0.1, 0.15) is 19.4 Å². The van der Waals surface area contributed by atoms with Gasteiger partial charge in [-0.25, -0.2) is 9.90 Å². The fourth-order valence-electron chi connectivity index (χ4n) is 1.55.